The smallest absolute Gasteiger partial charge is 0.339 e. The molecule has 0 heterocycles. The van der Waals surface area contributed by atoms with E-state index in [4.69, 9.17) is 15.4 Å². The van der Waals surface area contributed by atoms with E-state index in [0.29, 0.717) is 4.47 Å². The summed E-state index contributed by atoms with van der Waals surface area (Å²) in [5, 5.41) is 0. The van der Waals surface area contributed by atoms with E-state index in [2.05, 4.69) is 15.9 Å². The summed E-state index contributed by atoms with van der Waals surface area (Å²) < 4.78 is 27.7. The SMILES string of the molecule is CC(C)OC(=O)c1cc(S(=O)(=O)Cl)ccc1Br. The summed E-state index contributed by atoms with van der Waals surface area (Å²) in [7, 11) is 1.34. The minimum atomic E-state index is -3.86. The van der Waals surface area contributed by atoms with Gasteiger partial charge in [0, 0.05) is 15.2 Å². The van der Waals surface area contributed by atoms with Crippen LogP contribution in [-0.4, -0.2) is 20.5 Å². The molecule has 7 heteroatoms. The maximum Gasteiger partial charge on any atom is 0.339 e. The Bertz CT molecular complexity index is 539. The fourth-order valence-electron chi connectivity index (χ4n) is 1.09. The lowest BCUT2D eigenvalue weighted by molar-refractivity contribution is 0.0376. The summed E-state index contributed by atoms with van der Waals surface area (Å²) in [6, 6.07) is 3.92. The Hall–Kier alpha value is -0.590. The quantitative estimate of drug-likeness (QED) is 0.626. The van der Waals surface area contributed by atoms with Crippen molar-refractivity contribution >= 4 is 41.6 Å². The highest BCUT2D eigenvalue weighted by molar-refractivity contribution is 9.10. The molecule has 0 aromatic heterocycles. The first kappa shape index (κ1) is 14.5. The lowest BCUT2D eigenvalue weighted by Crippen LogP contribution is -2.12. The van der Waals surface area contributed by atoms with E-state index in [0.717, 1.165) is 0 Å². The van der Waals surface area contributed by atoms with Crippen molar-refractivity contribution in [1.82, 2.24) is 0 Å². The molecule has 0 aliphatic carbocycles. The molecule has 0 aliphatic rings. The molecule has 0 aliphatic heterocycles. The van der Waals surface area contributed by atoms with Crippen LogP contribution in [0.1, 0.15) is 24.2 Å². The van der Waals surface area contributed by atoms with Gasteiger partial charge >= 0.3 is 5.97 Å². The average molecular weight is 342 g/mol. The van der Waals surface area contributed by atoms with E-state index in [9.17, 15) is 13.2 Å². The molecular formula is C10H10BrClO4S. The summed E-state index contributed by atoms with van der Waals surface area (Å²) in [5.41, 5.74) is 0.125. The second-order valence-corrected chi connectivity index (χ2v) is 6.95. The number of hydrogen-bond acceptors (Lipinski definition) is 4. The van der Waals surface area contributed by atoms with E-state index in [1.807, 2.05) is 0 Å². The van der Waals surface area contributed by atoms with Gasteiger partial charge in [0.1, 0.15) is 0 Å². The maximum atomic E-state index is 11.7. The van der Waals surface area contributed by atoms with Crippen molar-refractivity contribution < 1.29 is 17.9 Å². The predicted molar refractivity (Wildman–Crippen MR) is 67.7 cm³/mol. The van der Waals surface area contributed by atoms with Crippen LogP contribution in [0.5, 0.6) is 0 Å². The van der Waals surface area contributed by atoms with Gasteiger partial charge < -0.3 is 4.74 Å². The molecule has 0 radical (unpaired) electrons. The van der Waals surface area contributed by atoms with Crippen molar-refractivity contribution in [1.29, 1.82) is 0 Å². The number of rotatable bonds is 3. The van der Waals surface area contributed by atoms with Crippen LogP contribution in [0, 0.1) is 0 Å². The predicted octanol–water partition coefficient (Wildman–Crippen LogP) is 2.94. The summed E-state index contributed by atoms with van der Waals surface area (Å²) >= 11 is 3.15. The summed E-state index contributed by atoms with van der Waals surface area (Å²) in [4.78, 5) is 11.5. The summed E-state index contributed by atoms with van der Waals surface area (Å²) in [6.45, 7) is 3.40. The average Bonchev–Trinajstić information content (AvgIpc) is 2.15. The Kier molecular flexibility index (Phi) is 4.57. The van der Waals surface area contributed by atoms with Crippen LogP contribution in [0.25, 0.3) is 0 Å². The number of carbonyl (C=O) groups excluding carboxylic acids is 1. The largest absolute Gasteiger partial charge is 0.459 e. The van der Waals surface area contributed by atoms with Gasteiger partial charge in [0.05, 0.1) is 16.6 Å². The lowest BCUT2D eigenvalue weighted by atomic mass is 10.2. The van der Waals surface area contributed by atoms with Crippen LogP contribution in [-0.2, 0) is 13.8 Å². The monoisotopic (exact) mass is 340 g/mol. The van der Waals surface area contributed by atoms with Gasteiger partial charge in [0.15, 0.2) is 0 Å². The van der Waals surface area contributed by atoms with E-state index in [1.165, 1.54) is 18.2 Å². The van der Waals surface area contributed by atoms with E-state index in [1.54, 1.807) is 13.8 Å². The molecule has 0 atom stereocenters. The van der Waals surface area contributed by atoms with Crippen LogP contribution in [0.15, 0.2) is 27.6 Å². The maximum absolute atomic E-state index is 11.7. The van der Waals surface area contributed by atoms with E-state index >= 15 is 0 Å². The molecule has 1 rings (SSSR count). The van der Waals surface area contributed by atoms with Gasteiger partial charge in [-0.05, 0) is 48.0 Å². The molecule has 0 fully saturated rings. The normalized spacial score (nSPS) is 11.6. The van der Waals surface area contributed by atoms with Crippen LogP contribution in [0.4, 0.5) is 0 Å². The zero-order valence-corrected chi connectivity index (χ0v) is 12.3. The number of ether oxygens (including phenoxy) is 1. The van der Waals surface area contributed by atoms with Crippen molar-refractivity contribution in [2.45, 2.75) is 24.8 Å². The Morgan fingerprint density at radius 1 is 1.41 bits per heavy atom. The molecule has 94 valence electrons. The first-order valence-corrected chi connectivity index (χ1v) is 7.77. The van der Waals surface area contributed by atoms with Crippen LogP contribution < -0.4 is 0 Å². The molecular weight excluding hydrogens is 332 g/mol. The van der Waals surface area contributed by atoms with Crippen molar-refractivity contribution in [3.8, 4) is 0 Å². The van der Waals surface area contributed by atoms with Gasteiger partial charge in [0.25, 0.3) is 9.05 Å². The molecule has 1 aromatic carbocycles. The molecule has 0 spiro atoms. The highest BCUT2D eigenvalue weighted by Crippen LogP contribution is 2.24. The van der Waals surface area contributed by atoms with E-state index < -0.39 is 15.0 Å². The van der Waals surface area contributed by atoms with Gasteiger partial charge in [-0.2, -0.15) is 0 Å². The lowest BCUT2D eigenvalue weighted by Gasteiger charge is -2.09. The van der Waals surface area contributed by atoms with Gasteiger partial charge in [0.2, 0.25) is 0 Å². The fraction of sp³-hybridized carbons (Fsp3) is 0.300. The van der Waals surface area contributed by atoms with Crippen LogP contribution >= 0.6 is 26.6 Å². The van der Waals surface area contributed by atoms with Crippen molar-refractivity contribution in [2.24, 2.45) is 0 Å². The Morgan fingerprint density at radius 2 is 2.00 bits per heavy atom. The minimum Gasteiger partial charge on any atom is -0.459 e. The second-order valence-electron chi connectivity index (χ2n) is 3.53. The van der Waals surface area contributed by atoms with Gasteiger partial charge in [-0.1, -0.05) is 0 Å². The second kappa shape index (κ2) is 5.37. The molecule has 0 saturated carbocycles. The van der Waals surface area contributed by atoms with Crippen LogP contribution in [0.2, 0.25) is 0 Å². The first-order valence-electron chi connectivity index (χ1n) is 4.67. The highest BCUT2D eigenvalue weighted by atomic mass is 79.9. The molecule has 1 aromatic rings. The molecule has 0 amide bonds. The third-order valence-electron chi connectivity index (χ3n) is 1.78. The molecule has 0 N–H and O–H groups in total. The zero-order valence-electron chi connectivity index (χ0n) is 9.11. The Labute approximate surface area is 112 Å². The standard InChI is InChI=1S/C10H10BrClO4S/c1-6(2)16-10(13)8-5-7(17(12,14)15)3-4-9(8)11/h3-6H,1-2H3. The zero-order chi connectivity index (χ0) is 13.2. The highest BCUT2D eigenvalue weighted by Gasteiger charge is 2.18. The van der Waals surface area contributed by atoms with Gasteiger partial charge in [-0.25, -0.2) is 13.2 Å². The third kappa shape index (κ3) is 3.97. The number of carbonyl (C=O) groups is 1. The molecule has 4 nitrogen and oxygen atoms in total. The number of hydrogen-bond donors (Lipinski definition) is 0. The molecule has 0 unspecified atom stereocenters. The topological polar surface area (TPSA) is 60.4 Å². The van der Waals surface area contributed by atoms with Crippen LogP contribution in [0.3, 0.4) is 0 Å². The third-order valence-corrected chi connectivity index (χ3v) is 3.83. The van der Waals surface area contributed by atoms with Gasteiger partial charge in [-0.3, -0.25) is 0 Å². The Balaban J connectivity index is 3.20. The summed E-state index contributed by atoms with van der Waals surface area (Å²) in [6.07, 6.45) is -0.286. The van der Waals surface area contributed by atoms with Crippen molar-refractivity contribution in [2.75, 3.05) is 0 Å². The van der Waals surface area contributed by atoms with Gasteiger partial charge in [-0.15, -0.1) is 0 Å². The number of halogens is 2. The minimum absolute atomic E-state index is 0.125. The van der Waals surface area contributed by atoms with Crippen molar-refractivity contribution in [3.05, 3.63) is 28.2 Å². The van der Waals surface area contributed by atoms with Crippen molar-refractivity contribution in [3.63, 3.8) is 0 Å². The number of benzene rings is 1. The first-order chi connectivity index (χ1) is 7.71. The summed E-state index contributed by atoms with van der Waals surface area (Å²) in [5.74, 6) is -0.603. The Morgan fingerprint density at radius 3 is 2.47 bits per heavy atom. The fourth-order valence-corrected chi connectivity index (χ4v) is 2.28. The molecule has 0 bridgehead atoms. The molecule has 17 heavy (non-hydrogen) atoms. The number of esters is 1. The molecule has 0 saturated heterocycles. The van der Waals surface area contributed by atoms with E-state index in [-0.39, 0.29) is 16.6 Å².